The van der Waals surface area contributed by atoms with Gasteiger partial charge in [-0.15, -0.1) is 0 Å². The maximum absolute atomic E-state index is 11.8. The summed E-state index contributed by atoms with van der Waals surface area (Å²) in [6.45, 7) is 1.84. The van der Waals surface area contributed by atoms with E-state index in [1.54, 1.807) is 31.4 Å². The van der Waals surface area contributed by atoms with Gasteiger partial charge in [0, 0.05) is 19.2 Å². The van der Waals surface area contributed by atoms with Gasteiger partial charge in [-0.3, -0.25) is 4.79 Å². The third-order valence-corrected chi connectivity index (χ3v) is 4.46. The van der Waals surface area contributed by atoms with E-state index in [1.165, 1.54) is 19.1 Å². The quantitative estimate of drug-likeness (QED) is 0.548. The number of hydrogen-bond donors (Lipinski definition) is 1. The van der Waals surface area contributed by atoms with Crippen molar-refractivity contribution >= 4 is 33.9 Å². The molecule has 1 amide bonds. The topological polar surface area (TPSA) is 76.3 Å². The lowest BCUT2D eigenvalue weighted by atomic mass is 10.3. The molecule has 1 fully saturated rings. The zero-order valence-corrected chi connectivity index (χ0v) is 16.0. The smallest absolute Gasteiger partial charge is 0.277 e. The second-order valence-corrected chi connectivity index (χ2v) is 6.61. The summed E-state index contributed by atoms with van der Waals surface area (Å²) < 4.78 is 17.1. The zero-order chi connectivity index (χ0) is 18.4. The Hall–Kier alpha value is -2.48. The standard InChI is InChI=1S/C18H20BrN3O4/c1-24-13-4-6-14(7-5-13)25-12-17(23)21-20-11-15-10-16(19)18(26-15)22-8-2-3-9-22/h4-7,10-11H,2-3,8-9,12H2,1H3,(H,21,23)/b20-11+. The molecule has 0 saturated carbocycles. The molecule has 1 N–H and O–H groups in total. The number of benzene rings is 1. The molecule has 0 unspecified atom stereocenters. The number of hydrazone groups is 1. The number of amides is 1. The number of rotatable bonds is 7. The van der Waals surface area contributed by atoms with Crippen LogP contribution < -0.4 is 19.8 Å². The number of anilines is 1. The van der Waals surface area contributed by atoms with Gasteiger partial charge < -0.3 is 18.8 Å². The van der Waals surface area contributed by atoms with Crippen molar-refractivity contribution in [3.63, 3.8) is 0 Å². The molecule has 2 heterocycles. The highest BCUT2D eigenvalue weighted by atomic mass is 79.9. The monoisotopic (exact) mass is 421 g/mol. The van der Waals surface area contributed by atoms with Crippen molar-refractivity contribution in [3.8, 4) is 11.5 Å². The molecule has 1 aromatic carbocycles. The van der Waals surface area contributed by atoms with Crippen LogP contribution in [0.2, 0.25) is 0 Å². The predicted octanol–water partition coefficient (Wildman–Crippen LogP) is 3.18. The van der Waals surface area contributed by atoms with Gasteiger partial charge in [0.05, 0.1) is 17.8 Å². The highest BCUT2D eigenvalue weighted by Gasteiger charge is 2.19. The van der Waals surface area contributed by atoms with Crippen molar-refractivity contribution in [1.29, 1.82) is 0 Å². The van der Waals surface area contributed by atoms with Gasteiger partial charge in [-0.2, -0.15) is 5.10 Å². The summed E-state index contributed by atoms with van der Waals surface area (Å²) in [7, 11) is 1.59. The largest absolute Gasteiger partial charge is 0.497 e. The van der Waals surface area contributed by atoms with E-state index in [9.17, 15) is 4.79 Å². The average Bonchev–Trinajstić information content (AvgIpc) is 3.30. The first kappa shape index (κ1) is 18.3. The first-order valence-electron chi connectivity index (χ1n) is 8.29. The summed E-state index contributed by atoms with van der Waals surface area (Å²) in [6, 6.07) is 8.82. The summed E-state index contributed by atoms with van der Waals surface area (Å²) in [4.78, 5) is 14.0. The summed E-state index contributed by atoms with van der Waals surface area (Å²) in [5, 5.41) is 3.90. The third-order valence-electron chi connectivity index (χ3n) is 3.89. The van der Waals surface area contributed by atoms with Gasteiger partial charge in [0.2, 0.25) is 5.88 Å². The highest BCUT2D eigenvalue weighted by molar-refractivity contribution is 9.10. The van der Waals surface area contributed by atoms with Gasteiger partial charge in [0.25, 0.3) is 5.91 Å². The van der Waals surface area contributed by atoms with Crippen molar-refractivity contribution in [1.82, 2.24) is 5.43 Å². The molecule has 2 aromatic rings. The van der Waals surface area contributed by atoms with Crippen LogP contribution in [0, 0.1) is 0 Å². The van der Waals surface area contributed by atoms with Crippen LogP contribution in [-0.2, 0) is 4.79 Å². The molecule has 7 nitrogen and oxygen atoms in total. The number of hydrogen-bond acceptors (Lipinski definition) is 6. The van der Waals surface area contributed by atoms with E-state index in [0.29, 0.717) is 11.5 Å². The van der Waals surface area contributed by atoms with E-state index < -0.39 is 0 Å². The van der Waals surface area contributed by atoms with E-state index in [0.717, 1.165) is 29.2 Å². The van der Waals surface area contributed by atoms with E-state index >= 15 is 0 Å². The van der Waals surface area contributed by atoms with Crippen LogP contribution in [0.4, 0.5) is 5.88 Å². The molecular formula is C18H20BrN3O4. The van der Waals surface area contributed by atoms with Crippen LogP contribution in [0.1, 0.15) is 18.6 Å². The Morgan fingerprint density at radius 3 is 2.69 bits per heavy atom. The lowest BCUT2D eigenvalue weighted by molar-refractivity contribution is -0.123. The first-order chi connectivity index (χ1) is 12.7. The Labute approximate surface area is 160 Å². The molecule has 138 valence electrons. The lowest BCUT2D eigenvalue weighted by Crippen LogP contribution is -2.24. The van der Waals surface area contributed by atoms with Crippen LogP contribution >= 0.6 is 15.9 Å². The minimum absolute atomic E-state index is 0.134. The highest BCUT2D eigenvalue weighted by Crippen LogP contribution is 2.31. The molecule has 0 spiro atoms. The van der Waals surface area contributed by atoms with E-state index in [1.807, 2.05) is 6.07 Å². The molecule has 1 saturated heterocycles. The first-order valence-corrected chi connectivity index (χ1v) is 9.08. The van der Waals surface area contributed by atoms with Crippen molar-refractivity contribution in [2.24, 2.45) is 5.10 Å². The van der Waals surface area contributed by atoms with Crippen LogP contribution in [0.3, 0.4) is 0 Å². The molecule has 0 atom stereocenters. The van der Waals surface area contributed by atoms with Gasteiger partial charge in [0.15, 0.2) is 12.4 Å². The average molecular weight is 422 g/mol. The predicted molar refractivity (Wildman–Crippen MR) is 102 cm³/mol. The van der Waals surface area contributed by atoms with Crippen molar-refractivity contribution in [2.45, 2.75) is 12.8 Å². The number of nitrogens with one attached hydrogen (secondary N) is 1. The van der Waals surface area contributed by atoms with Crippen LogP contribution in [-0.4, -0.2) is 38.9 Å². The number of carbonyl (C=O) groups excluding carboxylic acids is 1. The van der Waals surface area contributed by atoms with Crippen LogP contribution in [0.15, 0.2) is 44.3 Å². The molecule has 3 rings (SSSR count). The lowest BCUT2D eigenvalue weighted by Gasteiger charge is -2.13. The molecule has 0 radical (unpaired) electrons. The van der Waals surface area contributed by atoms with E-state index in [4.69, 9.17) is 13.9 Å². The SMILES string of the molecule is COc1ccc(OCC(=O)N/N=C/c2cc(Br)c(N3CCCC3)o2)cc1. The number of nitrogens with zero attached hydrogens (tertiary/aromatic N) is 2. The second kappa shape index (κ2) is 8.75. The maximum Gasteiger partial charge on any atom is 0.277 e. The number of carbonyl (C=O) groups is 1. The van der Waals surface area contributed by atoms with Crippen LogP contribution in [0.5, 0.6) is 11.5 Å². The van der Waals surface area contributed by atoms with E-state index in [2.05, 4.69) is 31.4 Å². The summed E-state index contributed by atoms with van der Waals surface area (Å²) in [6.07, 6.45) is 3.80. The summed E-state index contributed by atoms with van der Waals surface area (Å²) >= 11 is 3.50. The van der Waals surface area contributed by atoms with Crippen molar-refractivity contribution in [3.05, 3.63) is 40.6 Å². The molecule has 1 aromatic heterocycles. The summed E-state index contributed by atoms with van der Waals surface area (Å²) in [5.41, 5.74) is 2.41. The Bertz CT molecular complexity index is 767. The van der Waals surface area contributed by atoms with Gasteiger partial charge >= 0.3 is 0 Å². The number of methoxy groups -OCH3 is 1. The Morgan fingerprint density at radius 2 is 2.00 bits per heavy atom. The molecule has 0 aliphatic carbocycles. The van der Waals surface area contributed by atoms with Gasteiger partial charge in [0.1, 0.15) is 11.5 Å². The third kappa shape index (κ3) is 4.78. The fraction of sp³-hybridized carbons (Fsp3) is 0.333. The van der Waals surface area contributed by atoms with Gasteiger partial charge in [-0.05, 0) is 53.0 Å². The molecule has 26 heavy (non-hydrogen) atoms. The fourth-order valence-corrected chi connectivity index (χ4v) is 3.15. The number of furan rings is 1. The normalized spacial score (nSPS) is 14.0. The molecule has 0 bridgehead atoms. The second-order valence-electron chi connectivity index (χ2n) is 5.75. The van der Waals surface area contributed by atoms with Gasteiger partial charge in [-0.25, -0.2) is 5.43 Å². The fourth-order valence-electron chi connectivity index (χ4n) is 2.60. The Morgan fingerprint density at radius 1 is 1.31 bits per heavy atom. The Balaban J connectivity index is 1.47. The minimum Gasteiger partial charge on any atom is -0.497 e. The number of halogens is 1. The maximum atomic E-state index is 11.8. The van der Waals surface area contributed by atoms with Crippen molar-refractivity contribution < 1.29 is 18.7 Å². The number of ether oxygens (including phenoxy) is 2. The molecule has 1 aliphatic rings. The van der Waals surface area contributed by atoms with Gasteiger partial charge in [-0.1, -0.05) is 0 Å². The molecule has 1 aliphatic heterocycles. The summed E-state index contributed by atoms with van der Waals surface area (Å²) in [5.74, 6) is 2.31. The molecular weight excluding hydrogens is 402 g/mol. The minimum atomic E-state index is -0.359. The van der Waals surface area contributed by atoms with Crippen molar-refractivity contribution in [2.75, 3.05) is 31.7 Å². The Kier molecular flexibility index (Phi) is 6.17. The zero-order valence-electron chi connectivity index (χ0n) is 14.4. The molecule has 8 heteroatoms. The van der Waals surface area contributed by atoms with Crippen LogP contribution in [0.25, 0.3) is 0 Å². The van der Waals surface area contributed by atoms with E-state index in [-0.39, 0.29) is 12.5 Å².